The Balaban J connectivity index is 1.63. The molecule has 23 heavy (non-hydrogen) atoms. The lowest BCUT2D eigenvalue weighted by Crippen LogP contribution is -2.23. The number of hydrogen-bond donors (Lipinski definition) is 2. The summed E-state index contributed by atoms with van der Waals surface area (Å²) in [5.41, 5.74) is 2.08. The van der Waals surface area contributed by atoms with Crippen molar-refractivity contribution < 1.29 is 4.79 Å². The molecule has 0 spiro atoms. The van der Waals surface area contributed by atoms with Gasteiger partial charge in [-0.1, -0.05) is 13.8 Å². The molecule has 0 aromatic carbocycles. The second kappa shape index (κ2) is 6.07. The Hall–Kier alpha value is -2.90. The van der Waals surface area contributed by atoms with Crippen molar-refractivity contribution in [3.05, 3.63) is 48.3 Å². The van der Waals surface area contributed by atoms with Gasteiger partial charge in [0, 0.05) is 25.4 Å². The number of hydrogen-bond acceptors (Lipinski definition) is 4. The molecule has 0 saturated carbocycles. The van der Waals surface area contributed by atoms with Crippen LogP contribution in [-0.4, -0.2) is 35.2 Å². The first-order valence-electron chi connectivity index (χ1n) is 7.38. The van der Waals surface area contributed by atoms with Gasteiger partial charge < -0.3 is 14.9 Å². The Morgan fingerprint density at radius 1 is 1.30 bits per heavy atom. The van der Waals surface area contributed by atoms with Crippen LogP contribution in [0.25, 0.3) is 5.69 Å². The molecule has 2 N–H and O–H groups in total. The van der Waals surface area contributed by atoms with Crippen molar-refractivity contribution in [2.75, 3.05) is 0 Å². The number of amides is 1. The van der Waals surface area contributed by atoms with Gasteiger partial charge in [0.15, 0.2) is 0 Å². The first-order valence-corrected chi connectivity index (χ1v) is 7.38. The van der Waals surface area contributed by atoms with E-state index in [1.165, 1.54) is 0 Å². The van der Waals surface area contributed by atoms with Crippen LogP contribution in [0.5, 0.6) is 0 Å². The summed E-state index contributed by atoms with van der Waals surface area (Å²) in [4.78, 5) is 23.8. The predicted molar refractivity (Wildman–Crippen MR) is 84.2 cm³/mol. The van der Waals surface area contributed by atoms with E-state index in [2.05, 4.69) is 39.2 Å². The Kier molecular flexibility index (Phi) is 3.96. The number of aromatic nitrogens is 6. The minimum Gasteiger partial charge on any atom is -0.345 e. The second-order valence-electron chi connectivity index (χ2n) is 5.67. The van der Waals surface area contributed by atoms with Gasteiger partial charge in [0.2, 0.25) is 0 Å². The number of nitrogens with one attached hydrogen (secondary N) is 2. The third-order valence-electron chi connectivity index (χ3n) is 3.44. The van der Waals surface area contributed by atoms with Crippen LogP contribution in [-0.2, 0) is 13.6 Å². The SMILES string of the molecule is CC(C)c1ncc(CNC(=O)c2cn(-c3cnn(C)c3)cn2)[nH]1. The number of imidazole rings is 2. The van der Waals surface area contributed by atoms with Gasteiger partial charge in [-0.15, -0.1) is 0 Å². The smallest absolute Gasteiger partial charge is 0.271 e. The van der Waals surface area contributed by atoms with Gasteiger partial charge in [-0.2, -0.15) is 5.10 Å². The lowest BCUT2D eigenvalue weighted by Gasteiger charge is -2.01. The van der Waals surface area contributed by atoms with E-state index < -0.39 is 0 Å². The molecule has 3 aromatic rings. The molecule has 0 aliphatic rings. The van der Waals surface area contributed by atoms with E-state index in [9.17, 15) is 4.79 Å². The number of aryl methyl sites for hydroxylation is 1. The van der Waals surface area contributed by atoms with E-state index in [1.807, 2.05) is 13.2 Å². The number of nitrogens with zero attached hydrogens (tertiary/aromatic N) is 5. The zero-order chi connectivity index (χ0) is 16.4. The van der Waals surface area contributed by atoms with E-state index in [4.69, 9.17) is 0 Å². The Morgan fingerprint density at radius 3 is 2.78 bits per heavy atom. The largest absolute Gasteiger partial charge is 0.345 e. The third-order valence-corrected chi connectivity index (χ3v) is 3.44. The van der Waals surface area contributed by atoms with Crippen molar-refractivity contribution in [1.82, 2.24) is 34.6 Å². The van der Waals surface area contributed by atoms with Crippen LogP contribution in [0.3, 0.4) is 0 Å². The minimum absolute atomic E-state index is 0.228. The molecule has 0 aliphatic carbocycles. The molecule has 0 radical (unpaired) electrons. The van der Waals surface area contributed by atoms with Gasteiger partial charge in [-0.05, 0) is 0 Å². The number of carbonyl (C=O) groups is 1. The second-order valence-corrected chi connectivity index (χ2v) is 5.67. The predicted octanol–water partition coefficient (Wildman–Crippen LogP) is 1.38. The van der Waals surface area contributed by atoms with Crippen LogP contribution in [0.15, 0.2) is 31.1 Å². The van der Waals surface area contributed by atoms with Crippen molar-refractivity contribution in [3.8, 4) is 5.69 Å². The lowest BCUT2D eigenvalue weighted by atomic mass is 10.2. The highest BCUT2D eigenvalue weighted by Crippen LogP contribution is 2.10. The van der Waals surface area contributed by atoms with Crippen molar-refractivity contribution in [3.63, 3.8) is 0 Å². The number of carbonyl (C=O) groups excluding carboxylic acids is 1. The van der Waals surface area contributed by atoms with E-state index in [0.29, 0.717) is 18.2 Å². The Labute approximate surface area is 133 Å². The topological polar surface area (TPSA) is 93.4 Å². The van der Waals surface area contributed by atoms with Crippen LogP contribution < -0.4 is 5.32 Å². The summed E-state index contributed by atoms with van der Waals surface area (Å²) in [6, 6.07) is 0. The molecule has 0 saturated heterocycles. The van der Waals surface area contributed by atoms with Crippen molar-refractivity contribution in [2.24, 2.45) is 7.05 Å². The molecule has 0 bridgehead atoms. The highest BCUT2D eigenvalue weighted by Gasteiger charge is 2.11. The molecular formula is C15H19N7O. The zero-order valence-corrected chi connectivity index (χ0v) is 13.3. The normalized spacial score (nSPS) is 11.1. The van der Waals surface area contributed by atoms with Gasteiger partial charge in [0.25, 0.3) is 5.91 Å². The maximum Gasteiger partial charge on any atom is 0.271 e. The molecule has 120 valence electrons. The van der Waals surface area contributed by atoms with E-state index in [1.54, 1.807) is 34.2 Å². The molecule has 3 heterocycles. The molecule has 0 atom stereocenters. The first kappa shape index (κ1) is 15.0. The number of rotatable bonds is 5. The molecular weight excluding hydrogens is 294 g/mol. The molecule has 0 fully saturated rings. The summed E-state index contributed by atoms with van der Waals surface area (Å²) in [7, 11) is 1.84. The minimum atomic E-state index is -0.228. The van der Waals surface area contributed by atoms with Crippen LogP contribution in [0.4, 0.5) is 0 Å². The summed E-state index contributed by atoms with van der Waals surface area (Å²) in [5.74, 6) is 1.01. The van der Waals surface area contributed by atoms with Gasteiger partial charge in [-0.25, -0.2) is 9.97 Å². The molecule has 0 aliphatic heterocycles. The Bertz CT molecular complexity index is 811. The fourth-order valence-corrected chi connectivity index (χ4v) is 2.15. The van der Waals surface area contributed by atoms with E-state index >= 15 is 0 Å². The van der Waals surface area contributed by atoms with Gasteiger partial charge in [0.1, 0.15) is 17.8 Å². The molecule has 1 amide bonds. The molecule has 8 heteroatoms. The van der Waals surface area contributed by atoms with Gasteiger partial charge in [0.05, 0.1) is 30.3 Å². The quantitative estimate of drug-likeness (QED) is 0.744. The summed E-state index contributed by atoms with van der Waals surface area (Å²) >= 11 is 0. The van der Waals surface area contributed by atoms with Crippen LogP contribution in [0, 0.1) is 0 Å². The van der Waals surface area contributed by atoms with Crippen molar-refractivity contribution in [1.29, 1.82) is 0 Å². The van der Waals surface area contributed by atoms with E-state index in [-0.39, 0.29) is 5.91 Å². The average molecular weight is 313 g/mol. The summed E-state index contributed by atoms with van der Waals surface area (Å²) < 4.78 is 3.45. The highest BCUT2D eigenvalue weighted by molar-refractivity contribution is 5.92. The number of H-pyrrole nitrogens is 1. The molecule has 3 rings (SSSR count). The fraction of sp³-hybridized carbons (Fsp3) is 0.333. The molecule has 8 nitrogen and oxygen atoms in total. The summed E-state index contributed by atoms with van der Waals surface area (Å²) in [5, 5.41) is 6.93. The zero-order valence-electron chi connectivity index (χ0n) is 13.3. The molecule has 3 aromatic heterocycles. The van der Waals surface area contributed by atoms with Crippen LogP contribution in [0.2, 0.25) is 0 Å². The average Bonchev–Trinajstić information content (AvgIpc) is 3.24. The van der Waals surface area contributed by atoms with Crippen molar-refractivity contribution in [2.45, 2.75) is 26.3 Å². The van der Waals surface area contributed by atoms with Gasteiger partial charge in [-0.3, -0.25) is 9.48 Å². The maximum absolute atomic E-state index is 12.2. The highest BCUT2D eigenvalue weighted by atomic mass is 16.1. The van der Waals surface area contributed by atoms with E-state index in [0.717, 1.165) is 17.2 Å². The number of aromatic amines is 1. The lowest BCUT2D eigenvalue weighted by molar-refractivity contribution is 0.0946. The molecule has 0 unspecified atom stereocenters. The first-order chi connectivity index (χ1) is 11.0. The third kappa shape index (κ3) is 3.31. The summed E-state index contributed by atoms with van der Waals surface area (Å²) in [6.07, 6.45) is 8.57. The summed E-state index contributed by atoms with van der Waals surface area (Å²) in [6.45, 7) is 4.51. The Morgan fingerprint density at radius 2 is 2.13 bits per heavy atom. The standard InChI is InChI=1S/C15H19N7O/c1-10(2)14-16-4-11(20-14)5-17-15(23)13-8-22(9-18-13)12-6-19-21(3)7-12/h4,6-10H,5H2,1-3H3,(H,16,20)(H,17,23). The monoisotopic (exact) mass is 313 g/mol. The van der Waals surface area contributed by atoms with Crippen LogP contribution >= 0.6 is 0 Å². The van der Waals surface area contributed by atoms with Gasteiger partial charge >= 0.3 is 0 Å². The fourth-order valence-electron chi connectivity index (χ4n) is 2.15. The van der Waals surface area contributed by atoms with Crippen LogP contribution in [0.1, 0.15) is 41.8 Å². The maximum atomic E-state index is 12.2. The van der Waals surface area contributed by atoms with Crippen molar-refractivity contribution >= 4 is 5.91 Å².